The van der Waals surface area contributed by atoms with E-state index >= 15 is 0 Å². The highest BCUT2D eigenvalue weighted by molar-refractivity contribution is 5.46. The Labute approximate surface area is 89.3 Å². The molecule has 3 heteroatoms. The highest BCUT2D eigenvalue weighted by atomic mass is 16.7. The molecule has 1 aliphatic heterocycles. The van der Waals surface area contributed by atoms with Crippen LogP contribution in [0.3, 0.4) is 0 Å². The molecular formula is C12H14O3. The van der Waals surface area contributed by atoms with Crippen LogP contribution in [0, 0.1) is 0 Å². The van der Waals surface area contributed by atoms with Crippen LogP contribution in [0.2, 0.25) is 0 Å². The summed E-state index contributed by atoms with van der Waals surface area (Å²) in [4.78, 5) is 0. The van der Waals surface area contributed by atoms with Gasteiger partial charge < -0.3 is 14.2 Å². The molecule has 0 aromatic heterocycles. The van der Waals surface area contributed by atoms with Crippen LogP contribution in [0.15, 0.2) is 30.9 Å². The molecule has 0 N–H and O–H groups in total. The van der Waals surface area contributed by atoms with Crippen LogP contribution >= 0.6 is 0 Å². The largest absolute Gasteiger partial charge is 0.486 e. The molecule has 80 valence electrons. The van der Waals surface area contributed by atoms with E-state index < -0.39 is 0 Å². The summed E-state index contributed by atoms with van der Waals surface area (Å²) in [6.45, 7) is 6.06. The number of ether oxygens (including phenoxy) is 3. The highest BCUT2D eigenvalue weighted by Crippen LogP contribution is 2.35. The Morgan fingerprint density at radius 1 is 1.47 bits per heavy atom. The van der Waals surface area contributed by atoms with E-state index in [9.17, 15) is 0 Å². The topological polar surface area (TPSA) is 27.7 Å². The van der Waals surface area contributed by atoms with Crippen molar-refractivity contribution in [3.05, 3.63) is 30.9 Å². The summed E-state index contributed by atoms with van der Waals surface area (Å²) in [7, 11) is 0. The van der Waals surface area contributed by atoms with Crippen molar-refractivity contribution in [1.29, 1.82) is 0 Å². The van der Waals surface area contributed by atoms with Gasteiger partial charge in [-0.15, -0.1) is 0 Å². The second-order valence-corrected chi connectivity index (χ2v) is 3.32. The Hall–Kier alpha value is -1.64. The van der Waals surface area contributed by atoms with Crippen molar-refractivity contribution in [1.82, 2.24) is 0 Å². The Morgan fingerprint density at radius 2 is 2.27 bits per heavy atom. The minimum atomic E-state index is 0.0466. The second kappa shape index (κ2) is 4.26. The van der Waals surface area contributed by atoms with Crippen LogP contribution in [0.25, 0.3) is 0 Å². The van der Waals surface area contributed by atoms with Crippen molar-refractivity contribution in [2.75, 3.05) is 6.79 Å². The van der Waals surface area contributed by atoms with E-state index in [1.165, 1.54) is 0 Å². The van der Waals surface area contributed by atoms with Crippen LogP contribution in [0.4, 0.5) is 0 Å². The third kappa shape index (κ3) is 2.06. The summed E-state index contributed by atoms with van der Waals surface area (Å²) < 4.78 is 16.2. The highest BCUT2D eigenvalue weighted by Gasteiger charge is 2.14. The first-order valence-corrected chi connectivity index (χ1v) is 5.02. The Morgan fingerprint density at radius 3 is 3.00 bits per heavy atom. The first-order valence-electron chi connectivity index (χ1n) is 5.02. The lowest BCUT2D eigenvalue weighted by atomic mass is 10.2. The summed E-state index contributed by atoms with van der Waals surface area (Å²) >= 11 is 0. The van der Waals surface area contributed by atoms with Crippen molar-refractivity contribution in [2.45, 2.75) is 19.4 Å². The third-order valence-corrected chi connectivity index (χ3v) is 2.30. The Kier molecular flexibility index (Phi) is 2.81. The minimum Gasteiger partial charge on any atom is -0.486 e. The van der Waals surface area contributed by atoms with Gasteiger partial charge in [0.15, 0.2) is 11.5 Å². The summed E-state index contributed by atoms with van der Waals surface area (Å²) in [5.41, 5.74) is 0. The Bertz CT molecular complexity index is 360. The van der Waals surface area contributed by atoms with Crippen molar-refractivity contribution in [2.24, 2.45) is 0 Å². The fraction of sp³-hybridized carbons (Fsp3) is 0.333. The molecule has 0 aliphatic carbocycles. The normalized spacial score (nSPS) is 14.7. The van der Waals surface area contributed by atoms with E-state index in [0.717, 1.165) is 23.7 Å². The van der Waals surface area contributed by atoms with E-state index in [-0.39, 0.29) is 12.9 Å². The zero-order valence-electron chi connectivity index (χ0n) is 8.73. The molecule has 0 spiro atoms. The van der Waals surface area contributed by atoms with Crippen molar-refractivity contribution in [3.63, 3.8) is 0 Å². The van der Waals surface area contributed by atoms with Gasteiger partial charge in [0, 0.05) is 6.07 Å². The van der Waals surface area contributed by atoms with Gasteiger partial charge in [-0.3, -0.25) is 0 Å². The van der Waals surface area contributed by atoms with Crippen molar-refractivity contribution in [3.8, 4) is 17.2 Å². The summed E-state index contributed by atoms with van der Waals surface area (Å²) in [6, 6.07) is 5.57. The smallest absolute Gasteiger partial charge is 0.231 e. The molecule has 1 aromatic carbocycles. The molecule has 1 heterocycles. The molecule has 0 fully saturated rings. The standard InChI is InChI=1S/C12H14O3/c1-3-9(4-2)15-10-5-6-11-12(7-10)14-8-13-11/h3,5-7,9H,1,4,8H2,2H3. The summed E-state index contributed by atoms with van der Waals surface area (Å²) in [5, 5.41) is 0. The lowest BCUT2D eigenvalue weighted by molar-refractivity contribution is 0.173. The number of rotatable bonds is 4. The molecular weight excluding hydrogens is 192 g/mol. The SMILES string of the molecule is C=CC(CC)Oc1ccc2c(c1)OCO2. The van der Waals surface area contributed by atoms with E-state index in [1.54, 1.807) is 6.08 Å². The average Bonchev–Trinajstić information content (AvgIpc) is 2.73. The van der Waals surface area contributed by atoms with Crippen LogP contribution in [0.1, 0.15) is 13.3 Å². The van der Waals surface area contributed by atoms with E-state index in [0.29, 0.717) is 0 Å². The molecule has 2 rings (SSSR count). The number of benzene rings is 1. The van der Waals surface area contributed by atoms with Crippen molar-refractivity contribution >= 4 is 0 Å². The molecule has 0 radical (unpaired) electrons. The van der Waals surface area contributed by atoms with E-state index in [1.807, 2.05) is 18.2 Å². The number of fused-ring (bicyclic) bond motifs is 1. The fourth-order valence-corrected chi connectivity index (χ4v) is 1.42. The molecule has 3 nitrogen and oxygen atoms in total. The van der Waals surface area contributed by atoms with Gasteiger partial charge in [-0.2, -0.15) is 0 Å². The van der Waals surface area contributed by atoms with Crippen LogP contribution in [-0.4, -0.2) is 12.9 Å². The molecule has 15 heavy (non-hydrogen) atoms. The average molecular weight is 206 g/mol. The van der Waals surface area contributed by atoms with Gasteiger partial charge in [0.05, 0.1) is 0 Å². The maximum Gasteiger partial charge on any atom is 0.231 e. The van der Waals surface area contributed by atoms with Gasteiger partial charge >= 0.3 is 0 Å². The fourth-order valence-electron chi connectivity index (χ4n) is 1.42. The monoisotopic (exact) mass is 206 g/mol. The van der Waals surface area contributed by atoms with E-state index in [2.05, 4.69) is 13.5 Å². The zero-order chi connectivity index (χ0) is 10.7. The first-order chi connectivity index (χ1) is 7.33. The molecule has 1 aromatic rings. The molecule has 0 bridgehead atoms. The van der Waals surface area contributed by atoms with Crippen molar-refractivity contribution < 1.29 is 14.2 Å². The molecule has 1 unspecified atom stereocenters. The van der Waals surface area contributed by atoms with Gasteiger partial charge in [0.25, 0.3) is 0 Å². The minimum absolute atomic E-state index is 0.0466. The van der Waals surface area contributed by atoms with Crippen LogP contribution in [0.5, 0.6) is 17.2 Å². The van der Waals surface area contributed by atoms with E-state index in [4.69, 9.17) is 14.2 Å². The molecule has 0 saturated carbocycles. The summed E-state index contributed by atoms with van der Waals surface area (Å²) in [6.07, 6.45) is 2.74. The molecule has 1 aliphatic rings. The molecule has 1 atom stereocenters. The summed E-state index contributed by atoms with van der Waals surface area (Å²) in [5.74, 6) is 2.30. The Balaban J connectivity index is 2.12. The first kappa shape index (κ1) is 9.90. The lowest BCUT2D eigenvalue weighted by Crippen LogP contribution is -2.11. The van der Waals surface area contributed by atoms with Gasteiger partial charge in [-0.05, 0) is 18.6 Å². The number of hydrogen-bond donors (Lipinski definition) is 0. The third-order valence-electron chi connectivity index (χ3n) is 2.30. The molecule has 0 amide bonds. The predicted molar refractivity (Wildman–Crippen MR) is 57.5 cm³/mol. The van der Waals surface area contributed by atoms with Gasteiger partial charge in [-0.1, -0.05) is 19.6 Å². The predicted octanol–water partition coefficient (Wildman–Crippen LogP) is 2.76. The van der Waals surface area contributed by atoms with Gasteiger partial charge in [0.2, 0.25) is 6.79 Å². The number of hydrogen-bond acceptors (Lipinski definition) is 3. The zero-order valence-corrected chi connectivity index (χ0v) is 8.73. The molecule has 0 saturated heterocycles. The van der Waals surface area contributed by atoms with Gasteiger partial charge in [-0.25, -0.2) is 0 Å². The quantitative estimate of drug-likeness (QED) is 0.709. The lowest BCUT2D eigenvalue weighted by Gasteiger charge is -2.13. The van der Waals surface area contributed by atoms with Gasteiger partial charge in [0.1, 0.15) is 11.9 Å². The maximum atomic E-state index is 5.68. The van der Waals surface area contributed by atoms with Crippen LogP contribution < -0.4 is 14.2 Å². The maximum absolute atomic E-state index is 5.68. The second-order valence-electron chi connectivity index (χ2n) is 3.32. The van der Waals surface area contributed by atoms with Crippen LogP contribution in [-0.2, 0) is 0 Å².